The van der Waals surface area contributed by atoms with E-state index < -0.39 is 42.4 Å². The van der Waals surface area contributed by atoms with Crippen molar-refractivity contribution in [2.75, 3.05) is 12.3 Å². The molecule has 22 heavy (non-hydrogen) atoms. The summed E-state index contributed by atoms with van der Waals surface area (Å²) in [6.45, 7) is -0.567. The van der Waals surface area contributed by atoms with Crippen LogP contribution in [0.5, 0.6) is 0 Å². The summed E-state index contributed by atoms with van der Waals surface area (Å²) in [7, 11) is 0. The minimum absolute atomic E-state index is 0. The number of aliphatic carboxylic acids is 2. The summed E-state index contributed by atoms with van der Waals surface area (Å²) in [5.74, 6) is -3.70. The predicted molar refractivity (Wildman–Crippen MR) is 72.0 cm³/mol. The maximum absolute atomic E-state index is 11.5. The molecule has 0 aliphatic carbocycles. The first-order valence-electron chi connectivity index (χ1n) is 5.66. The summed E-state index contributed by atoms with van der Waals surface area (Å²) in [5, 5.41) is 21.4. The van der Waals surface area contributed by atoms with Crippen LogP contribution in [0, 0.1) is 0 Å². The molecule has 0 aliphatic rings. The first-order chi connectivity index (χ1) is 9.27. The van der Waals surface area contributed by atoms with E-state index in [0.717, 1.165) is 0 Å². The van der Waals surface area contributed by atoms with Crippen molar-refractivity contribution in [1.82, 2.24) is 10.6 Å². The molecule has 0 spiro atoms. The molecule has 10 nitrogen and oxygen atoms in total. The largest absolute Gasteiger partial charge is 2.00 e. The second kappa shape index (κ2) is 13.4. The van der Waals surface area contributed by atoms with Gasteiger partial charge >= 0.3 is 31.4 Å². The van der Waals surface area contributed by atoms with Gasteiger partial charge in [-0.1, -0.05) is 0 Å². The number of carboxylic acids is 2. The molecule has 0 saturated heterocycles. The summed E-state index contributed by atoms with van der Waals surface area (Å²) < 4.78 is 0. The Morgan fingerprint density at radius 3 is 2.14 bits per heavy atom. The molecule has 6 N–H and O–H groups in total. The molecule has 2 amide bonds. The molecular formula is C10H17N3O7SZn. The molecule has 122 valence electrons. The summed E-state index contributed by atoms with van der Waals surface area (Å²) in [4.78, 5) is 43.7. The van der Waals surface area contributed by atoms with Crippen LogP contribution in [0.3, 0.4) is 0 Å². The van der Waals surface area contributed by atoms with Gasteiger partial charge in [-0.3, -0.25) is 19.2 Å². The van der Waals surface area contributed by atoms with Gasteiger partial charge in [-0.25, -0.2) is 0 Å². The number of nitrogens with one attached hydrogen (secondary N) is 2. The van der Waals surface area contributed by atoms with E-state index in [1.165, 1.54) is 0 Å². The van der Waals surface area contributed by atoms with E-state index in [1.807, 2.05) is 0 Å². The number of amides is 2. The van der Waals surface area contributed by atoms with Crippen molar-refractivity contribution >= 4 is 36.4 Å². The average molecular weight is 389 g/mol. The third-order valence-electron chi connectivity index (χ3n) is 2.25. The third-order valence-corrected chi connectivity index (χ3v) is 2.61. The Hall–Kier alpha value is -1.23. The van der Waals surface area contributed by atoms with Gasteiger partial charge in [-0.2, -0.15) is 12.6 Å². The number of hydrogen-bond donors (Lipinski definition) is 6. The molecule has 0 saturated carbocycles. The first kappa shape index (κ1) is 25.7. The fourth-order valence-corrected chi connectivity index (χ4v) is 1.41. The van der Waals surface area contributed by atoms with Crippen LogP contribution >= 0.6 is 12.6 Å². The molecule has 0 aromatic rings. The van der Waals surface area contributed by atoms with Crippen LogP contribution in [0.1, 0.15) is 12.8 Å². The van der Waals surface area contributed by atoms with Gasteiger partial charge in [0.05, 0.1) is 0 Å². The Morgan fingerprint density at radius 1 is 1.18 bits per heavy atom. The summed E-state index contributed by atoms with van der Waals surface area (Å²) in [6, 6.07) is -2.15. The molecule has 0 bridgehead atoms. The van der Waals surface area contributed by atoms with Gasteiger partial charge in [0.15, 0.2) is 0 Å². The van der Waals surface area contributed by atoms with Crippen molar-refractivity contribution < 1.29 is 54.3 Å². The van der Waals surface area contributed by atoms with Gasteiger partial charge in [0.1, 0.15) is 18.6 Å². The topological polar surface area (TPSA) is 187 Å². The molecule has 2 atom stereocenters. The number of hydrogen-bond acceptors (Lipinski definition) is 6. The third kappa shape index (κ3) is 11.4. The minimum atomic E-state index is -1.22. The van der Waals surface area contributed by atoms with Crippen molar-refractivity contribution in [3.63, 3.8) is 0 Å². The zero-order chi connectivity index (χ0) is 15.7. The number of carbonyl (C=O) groups is 4. The van der Waals surface area contributed by atoms with E-state index in [1.54, 1.807) is 0 Å². The number of thiol groups is 1. The van der Waals surface area contributed by atoms with E-state index in [4.69, 9.17) is 15.9 Å². The maximum atomic E-state index is 11.5. The van der Waals surface area contributed by atoms with Gasteiger partial charge in [0, 0.05) is 12.2 Å². The van der Waals surface area contributed by atoms with E-state index >= 15 is 0 Å². The summed E-state index contributed by atoms with van der Waals surface area (Å²) in [6.07, 6.45) is -0.235. The quantitative estimate of drug-likeness (QED) is 0.189. The standard InChI is InChI=1S/C10H17N3O6S.O.Zn/c11-5(10(18)19)1-2-7(14)13-6(4-20)9(17)12-3-8(15)16;;/h5-6,20H,1-4,11H2,(H,12,17)(H,13,14)(H,15,16)(H,18,19);;/q;-2;+2/t5-,6-;;/m0../s1. The molecule has 12 heteroatoms. The number of rotatable bonds is 9. The Kier molecular flexibility index (Phi) is 15.7. The van der Waals surface area contributed by atoms with Crippen LogP contribution in [0.2, 0.25) is 0 Å². The number of carbonyl (C=O) groups excluding carboxylic acids is 2. The zero-order valence-corrected chi connectivity index (χ0v) is 15.5. The molecule has 0 aromatic carbocycles. The molecule has 0 aromatic heterocycles. The number of carboxylic acid groups (broad SMARTS) is 2. The second-order valence-electron chi connectivity index (χ2n) is 3.90. The predicted octanol–water partition coefficient (Wildman–Crippen LogP) is -2.33. The van der Waals surface area contributed by atoms with Crippen LogP contribution in [-0.2, 0) is 44.1 Å². The molecule has 0 fully saturated rings. The van der Waals surface area contributed by atoms with Crippen LogP contribution in [0.15, 0.2) is 0 Å². The first-order valence-corrected chi connectivity index (χ1v) is 6.29. The Morgan fingerprint density at radius 2 is 1.73 bits per heavy atom. The monoisotopic (exact) mass is 387 g/mol. The fourth-order valence-electron chi connectivity index (χ4n) is 1.16. The molecule has 0 aliphatic heterocycles. The van der Waals surface area contributed by atoms with Crippen molar-refractivity contribution in [2.45, 2.75) is 24.9 Å². The van der Waals surface area contributed by atoms with Crippen LogP contribution in [-0.4, -0.2) is 58.3 Å². The molecule has 0 radical (unpaired) electrons. The SMILES string of the molecule is N[C@@H](CCC(=O)N[C@@H](CS)C(=O)NCC(=O)O)C(=O)O.[O-2].[Zn+2]. The number of nitrogens with two attached hydrogens (primary N) is 1. The average Bonchev–Trinajstić information content (AvgIpc) is 2.38. The van der Waals surface area contributed by atoms with E-state index in [0.29, 0.717) is 0 Å². The zero-order valence-electron chi connectivity index (χ0n) is 11.7. The Balaban J connectivity index is -0.00000180. The fraction of sp³-hybridized carbons (Fsp3) is 0.600. The Labute approximate surface area is 144 Å². The Bertz CT molecular complexity index is 397. The summed E-state index contributed by atoms with van der Waals surface area (Å²) >= 11 is 3.87. The van der Waals surface area contributed by atoms with Gasteiger partial charge < -0.3 is 32.1 Å². The van der Waals surface area contributed by atoms with Gasteiger partial charge in [0.25, 0.3) is 0 Å². The van der Waals surface area contributed by atoms with Crippen LogP contribution in [0.25, 0.3) is 0 Å². The van der Waals surface area contributed by atoms with Crippen molar-refractivity contribution in [3.8, 4) is 0 Å². The van der Waals surface area contributed by atoms with Crippen molar-refractivity contribution in [2.24, 2.45) is 5.73 Å². The minimum Gasteiger partial charge on any atom is -2.00 e. The normalized spacial score (nSPS) is 11.9. The van der Waals surface area contributed by atoms with E-state index in [9.17, 15) is 19.2 Å². The van der Waals surface area contributed by atoms with Gasteiger partial charge in [-0.15, -0.1) is 0 Å². The molecule has 0 rings (SSSR count). The van der Waals surface area contributed by atoms with E-state index in [2.05, 4.69) is 23.3 Å². The second-order valence-corrected chi connectivity index (χ2v) is 4.26. The van der Waals surface area contributed by atoms with E-state index in [-0.39, 0.29) is 43.5 Å². The van der Waals surface area contributed by atoms with Crippen molar-refractivity contribution in [3.05, 3.63) is 0 Å². The molecular weight excluding hydrogens is 372 g/mol. The summed E-state index contributed by atoms with van der Waals surface area (Å²) in [5.41, 5.74) is 5.23. The maximum Gasteiger partial charge on any atom is 2.00 e. The van der Waals surface area contributed by atoms with Crippen LogP contribution < -0.4 is 16.4 Å². The van der Waals surface area contributed by atoms with Gasteiger partial charge in [0.2, 0.25) is 11.8 Å². The van der Waals surface area contributed by atoms with Gasteiger partial charge in [-0.05, 0) is 6.42 Å². The van der Waals surface area contributed by atoms with Crippen molar-refractivity contribution in [1.29, 1.82) is 0 Å². The smallest absolute Gasteiger partial charge is 2.00 e. The molecule has 0 heterocycles. The molecule has 0 unspecified atom stereocenters. The van der Waals surface area contributed by atoms with Crippen LogP contribution in [0.4, 0.5) is 0 Å².